The number of hydrogen-bond acceptors (Lipinski definition) is 6. The van der Waals surface area contributed by atoms with Crippen LogP contribution in [0.3, 0.4) is 0 Å². The van der Waals surface area contributed by atoms with Crippen LogP contribution in [0.15, 0.2) is 23.1 Å². The third kappa shape index (κ3) is 7.32. The number of aliphatic carboxylic acids is 1. The molecule has 1 fully saturated rings. The summed E-state index contributed by atoms with van der Waals surface area (Å²) in [6.07, 6.45) is 6.70. The highest BCUT2D eigenvalue weighted by Gasteiger charge is 2.31. The Morgan fingerprint density at radius 1 is 1.17 bits per heavy atom. The molecule has 1 aliphatic rings. The van der Waals surface area contributed by atoms with Crippen LogP contribution >= 0.6 is 24.0 Å². The quantitative estimate of drug-likeness (QED) is 0.254. The Morgan fingerprint density at radius 3 is 2.67 bits per heavy atom. The molecule has 1 aliphatic heterocycles. The van der Waals surface area contributed by atoms with E-state index in [1.165, 1.54) is 29.5 Å². The van der Waals surface area contributed by atoms with E-state index < -0.39 is 5.97 Å². The number of benzene rings is 1. The molecule has 0 atom stereocenters. The molecule has 0 aromatic heterocycles. The fraction of sp³-hybridized carbons (Fsp3) is 0.500. The minimum Gasteiger partial charge on any atom is -0.490 e. The molecular weight excluding hydrogens is 422 g/mol. The van der Waals surface area contributed by atoms with Crippen molar-refractivity contribution in [3.63, 3.8) is 0 Å². The standard InChI is InChI=1S/C22H29NO5S2/c1-3-5-6-7-13-28-17-11-10-16(14-18(17)27-4-2)15-19-21(26)23(22(29)30-19)12-8-9-20(24)25/h10-11,14-15H,3-9,12-13H2,1-2H3,(H,24,25)/b19-15-. The van der Waals surface area contributed by atoms with Gasteiger partial charge in [-0.15, -0.1) is 0 Å². The second-order valence-electron chi connectivity index (χ2n) is 6.88. The van der Waals surface area contributed by atoms with Crippen LogP contribution in [0.1, 0.15) is 57.9 Å². The van der Waals surface area contributed by atoms with Crippen molar-refractivity contribution in [2.24, 2.45) is 0 Å². The maximum absolute atomic E-state index is 12.6. The molecule has 0 unspecified atom stereocenters. The maximum atomic E-state index is 12.6. The molecule has 6 nitrogen and oxygen atoms in total. The number of thiocarbonyl (C=S) groups is 1. The summed E-state index contributed by atoms with van der Waals surface area (Å²) in [6.45, 7) is 5.57. The molecule has 0 bridgehead atoms. The highest BCUT2D eigenvalue weighted by Crippen LogP contribution is 2.35. The summed E-state index contributed by atoms with van der Waals surface area (Å²) in [4.78, 5) is 25.3. The molecule has 0 saturated carbocycles. The Hall–Kier alpha value is -2.06. The van der Waals surface area contributed by atoms with Gasteiger partial charge in [-0.25, -0.2) is 0 Å². The second kappa shape index (κ2) is 12.6. The van der Waals surface area contributed by atoms with E-state index in [0.717, 1.165) is 18.4 Å². The summed E-state index contributed by atoms with van der Waals surface area (Å²) in [5.41, 5.74) is 0.822. The second-order valence-corrected chi connectivity index (χ2v) is 8.55. The first-order valence-corrected chi connectivity index (χ1v) is 11.6. The van der Waals surface area contributed by atoms with E-state index in [-0.39, 0.29) is 12.3 Å². The maximum Gasteiger partial charge on any atom is 0.303 e. The molecule has 0 radical (unpaired) electrons. The van der Waals surface area contributed by atoms with Gasteiger partial charge in [-0.1, -0.05) is 56.2 Å². The van der Waals surface area contributed by atoms with Crippen molar-refractivity contribution in [1.29, 1.82) is 0 Å². The van der Waals surface area contributed by atoms with E-state index in [1.54, 1.807) is 6.08 Å². The SMILES string of the molecule is CCCCCCOc1ccc(/C=C2\SC(=S)N(CCCC(=O)O)C2=O)cc1OCC. The number of carboxylic acids is 1. The molecule has 0 spiro atoms. The number of carbonyl (C=O) groups is 2. The molecule has 1 heterocycles. The molecule has 1 saturated heterocycles. The number of carbonyl (C=O) groups excluding carboxylic acids is 1. The number of nitrogens with zero attached hydrogens (tertiary/aromatic N) is 1. The number of unbranched alkanes of at least 4 members (excludes halogenated alkanes) is 3. The van der Waals surface area contributed by atoms with Crippen LogP contribution in [0.4, 0.5) is 0 Å². The Labute approximate surface area is 187 Å². The lowest BCUT2D eigenvalue weighted by Crippen LogP contribution is -2.29. The fourth-order valence-electron chi connectivity index (χ4n) is 2.95. The van der Waals surface area contributed by atoms with Crippen molar-refractivity contribution in [3.05, 3.63) is 28.7 Å². The predicted molar refractivity (Wildman–Crippen MR) is 124 cm³/mol. The summed E-state index contributed by atoms with van der Waals surface area (Å²) in [5.74, 6) is 0.280. The van der Waals surface area contributed by atoms with Gasteiger partial charge in [-0.3, -0.25) is 14.5 Å². The van der Waals surface area contributed by atoms with Crippen molar-refractivity contribution >= 4 is 46.3 Å². The van der Waals surface area contributed by atoms with Crippen molar-refractivity contribution in [2.75, 3.05) is 19.8 Å². The van der Waals surface area contributed by atoms with Crippen LogP contribution in [0.25, 0.3) is 6.08 Å². The highest BCUT2D eigenvalue weighted by atomic mass is 32.2. The smallest absolute Gasteiger partial charge is 0.303 e. The van der Waals surface area contributed by atoms with Gasteiger partial charge in [0.25, 0.3) is 5.91 Å². The van der Waals surface area contributed by atoms with E-state index in [9.17, 15) is 9.59 Å². The third-order valence-corrected chi connectivity index (χ3v) is 5.84. The predicted octanol–water partition coefficient (Wildman–Crippen LogP) is 5.11. The van der Waals surface area contributed by atoms with Crippen LogP contribution in [0.5, 0.6) is 11.5 Å². The molecule has 8 heteroatoms. The highest BCUT2D eigenvalue weighted by molar-refractivity contribution is 8.26. The normalized spacial score (nSPS) is 15.1. The van der Waals surface area contributed by atoms with Gasteiger partial charge in [-0.2, -0.15) is 0 Å². The Kier molecular flexibility index (Phi) is 10.2. The largest absolute Gasteiger partial charge is 0.490 e. The van der Waals surface area contributed by atoms with Gasteiger partial charge >= 0.3 is 5.97 Å². The average Bonchev–Trinajstić information content (AvgIpc) is 2.96. The van der Waals surface area contributed by atoms with Gasteiger partial charge in [0.05, 0.1) is 18.1 Å². The van der Waals surface area contributed by atoms with Gasteiger partial charge in [-0.05, 0) is 43.5 Å². The zero-order valence-corrected chi connectivity index (χ0v) is 19.2. The van der Waals surface area contributed by atoms with Gasteiger partial charge < -0.3 is 14.6 Å². The Bertz CT molecular complexity index is 794. The first-order valence-electron chi connectivity index (χ1n) is 10.3. The molecule has 0 aliphatic carbocycles. The first kappa shape index (κ1) is 24.2. The molecule has 1 aromatic rings. The topological polar surface area (TPSA) is 76.1 Å². The Morgan fingerprint density at radius 2 is 1.97 bits per heavy atom. The van der Waals surface area contributed by atoms with E-state index in [0.29, 0.717) is 46.9 Å². The lowest BCUT2D eigenvalue weighted by Gasteiger charge is -2.13. The summed E-state index contributed by atoms with van der Waals surface area (Å²) in [5, 5.41) is 8.78. The minimum absolute atomic E-state index is 0.00767. The molecule has 30 heavy (non-hydrogen) atoms. The van der Waals surface area contributed by atoms with Crippen LogP contribution in [-0.4, -0.2) is 46.0 Å². The van der Waals surface area contributed by atoms with Crippen molar-refractivity contribution in [1.82, 2.24) is 4.90 Å². The molecule has 1 amide bonds. The Balaban J connectivity index is 2.06. The number of ether oxygens (including phenoxy) is 2. The van der Waals surface area contributed by atoms with Crippen molar-refractivity contribution in [2.45, 2.75) is 52.4 Å². The molecule has 1 aromatic carbocycles. The van der Waals surface area contributed by atoms with E-state index >= 15 is 0 Å². The third-order valence-electron chi connectivity index (χ3n) is 4.47. The van der Waals surface area contributed by atoms with Gasteiger partial charge in [0.2, 0.25) is 0 Å². The van der Waals surface area contributed by atoms with Gasteiger partial charge in [0.1, 0.15) is 4.32 Å². The number of rotatable bonds is 13. The number of thioether (sulfide) groups is 1. The van der Waals surface area contributed by atoms with Crippen LogP contribution < -0.4 is 9.47 Å². The zero-order valence-electron chi connectivity index (χ0n) is 17.5. The number of carboxylic acid groups (broad SMARTS) is 1. The average molecular weight is 452 g/mol. The molecule has 2 rings (SSSR count). The van der Waals surface area contributed by atoms with Crippen LogP contribution in [0, 0.1) is 0 Å². The lowest BCUT2D eigenvalue weighted by atomic mass is 10.1. The van der Waals surface area contributed by atoms with Crippen LogP contribution in [-0.2, 0) is 9.59 Å². The first-order chi connectivity index (χ1) is 14.5. The summed E-state index contributed by atoms with van der Waals surface area (Å²) in [7, 11) is 0. The van der Waals surface area contributed by atoms with E-state index in [1.807, 2.05) is 25.1 Å². The summed E-state index contributed by atoms with van der Waals surface area (Å²) < 4.78 is 12.1. The van der Waals surface area contributed by atoms with E-state index in [2.05, 4.69) is 6.92 Å². The minimum atomic E-state index is -0.882. The summed E-state index contributed by atoms with van der Waals surface area (Å²) >= 11 is 6.52. The zero-order chi connectivity index (χ0) is 21.9. The van der Waals surface area contributed by atoms with E-state index in [4.69, 9.17) is 26.8 Å². The fourth-order valence-corrected chi connectivity index (χ4v) is 4.25. The summed E-state index contributed by atoms with van der Waals surface area (Å²) in [6, 6.07) is 5.62. The van der Waals surface area contributed by atoms with Gasteiger partial charge in [0.15, 0.2) is 11.5 Å². The molecular formula is C22H29NO5S2. The lowest BCUT2D eigenvalue weighted by molar-refractivity contribution is -0.137. The number of hydrogen-bond donors (Lipinski definition) is 1. The number of amides is 1. The van der Waals surface area contributed by atoms with Gasteiger partial charge in [0, 0.05) is 13.0 Å². The van der Waals surface area contributed by atoms with Crippen LogP contribution in [0.2, 0.25) is 0 Å². The molecule has 1 N–H and O–H groups in total. The monoisotopic (exact) mass is 451 g/mol. The van der Waals surface area contributed by atoms with Crippen molar-refractivity contribution in [3.8, 4) is 11.5 Å². The van der Waals surface area contributed by atoms with Crippen molar-refractivity contribution < 1.29 is 24.2 Å². The molecule has 164 valence electrons.